The molecule has 1 unspecified atom stereocenters. The quantitative estimate of drug-likeness (QED) is 0.844. The van der Waals surface area contributed by atoms with E-state index in [4.69, 9.17) is 5.11 Å². The van der Waals surface area contributed by atoms with Crippen molar-refractivity contribution in [1.29, 1.82) is 0 Å². The molecular weight excluding hydrogens is 258 g/mol. The standard InChI is InChI=1S/C15H19NO2S/c1-12-6-2-4-9-16(12)15(18)14-13(8-11-19-14)7-3-5-10-17/h8,11-12,17H,2,4-6,9-10H2,1H3. The molecule has 1 amide bonds. The fraction of sp³-hybridized carbons (Fsp3) is 0.533. The number of nitrogens with zero attached hydrogens (tertiary/aromatic N) is 1. The van der Waals surface area contributed by atoms with Gasteiger partial charge in [0.15, 0.2) is 0 Å². The first-order valence-corrected chi connectivity index (χ1v) is 7.60. The fourth-order valence-corrected chi connectivity index (χ4v) is 3.12. The molecule has 1 N–H and O–H groups in total. The lowest BCUT2D eigenvalue weighted by atomic mass is 10.0. The van der Waals surface area contributed by atoms with Crippen LogP contribution in [0.2, 0.25) is 0 Å². The van der Waals surface area contributed by atoms with E-state index < -0.39 is 0 Å². The molecule has 1 aliphatic heterocycles. The summed E-state index contributed by atoms with van der Waals surface area (Å²) in [4.78, 5) is 15.2. The van der Waals surface area contributed by atoms with Gasteiger partial charge in [0.25, 0.3) is 5.91 Å². The zero-order valence-electron chi connectivity index (χ0n) is 11.2. The third-order valence-electron chi connectivity index (χ3n) is 3.38. The molecule has 19 heavy (non-hydrogen) atoms. The highest BCUT2D eigenvalue weighted by atomic mass is 32.1. The summed E-state index contributed by atoms with van der Waals surface area (Å²) in [6, 6.07) is 2.21. The Labute approximate surface area is 118 Å². The number of hydrogen-bond acceptors (Lipinski definition) is 3. The second-order valence-electron chi connectivity index (χ2n) is 4.78. The summed E-state index contributed by atoms with van der Waals surface area (Å²) < 4.78 is 0. The smallest absolute Gasteiger partial charge is 0.265 e. The molecule has 2 rings (SSSR count). The molecule has 0 radical (unpaired) electrons. The number of piperidine rings is 1. The molecule has 0 saturated carbocycles. The summed E-state index contributed by atoms with van der Waals surface area (Å²) in [5.74, 6) is 5.97. The Morgan fingerprint density at radius 2 is 2.42 bits per heavy atom. The van der Waals surface area contributed by atoms with E-state index >= 15 is 0 Å². The highest BCUT2D eigenvalue weighted by Gasteiger charge is 2.26. The minimum atomic E-state index is 0.0591. The summed E-state index contributed by atoms with van der Waals surface area (Å²) in [5.41, 5.74) is 0.793. The molecule has 1 aliphatic rings. The van der Waals surface area contributed by atoms with E-state index in [1.54, 1.807) is 0 Å². The van der Waals surface area contributed by atoms with Crippen LogP contribution in [0.15, 0.2) is 11.4 Å². The number of amides is 1. The normalized spacial score (nSPS) is 18.8. The van der Waals surface area contributed by atoms with E-state index in [-0.39, 0.29) is 12.5 Å². The second kappa shape index (κ2) is 6.74. The van der Waals surface area contributed by atoms with Crippen LogP contribution in [0.1, 0.15) is 47.8 Å². The number of aliphatic hydroxyl groups is 1. The van der Waals surface area contributed by atoms with Gasteiger partial charge < -0.3 is 10.0 Å². The first kappa shape index (κ1) is 14.1. The first-order valence-electron chi connectivity index (χ1n) is 6.72. The molecule has 3 nitrogen and oxygen atoms in total. The van der Waals surface area contributed by atoms with Crippen LogP contribution in [0, 0.1) is 11.8 Å². The Morgan fingerprint density at radius 3 is 3.16 bits per heavy atom. The number of thiophene rings is 1. The number of carbonyl (C=O) groups excluding carboxylic acids is 1. The lowest BCUT2D eigenvalue weighted by molar-refractivity contribution is 0.0640. The Morgan fingerprint density at radius 1 is 1.58 bits per heavy atom. The number of carbonyl (C=O) groups is 1. The highest BCUT2D eigenvalue weighted by Crippen LogP contribution is 2.23. The van der Waals surface area contributed by atoms with Crippen molar-refractivity contribution in [1.82, 2.24) is 4.90 Å². The second-order valence-corrected chi connectivity index (χ2v) is 5.70. The molecular formula is C15H19NO2S. The zero-order valence-corrected chi connectivity index (χ0v) is 12.0. The summed E-state index contributed by atoms with van der Waals surface area (Å²) >= 11 is 1.46. The van der Waals surface area contributed by atoms with Crippen molar-refractivity contribution in [3.63, 3.8) is 0 Å². The van der Waals surface area contributed by atoms with Crippen molar-refractivity contribution >= 4 is 17.2 Å². The molecule has 0 aliphatic carbocycles. The highest BCUT2D eigenvalue weighted by molar-refractivity contribution is 7.12. The maximum absolute atomic E-state index is 12.5. The molecule has 1 fully saturated rings. The van der Waals surface area contributed by atoms with Crippen molar-refractivity contribution < 1.29 is 9.90 Å². The van der Waals surface area contributed by atoms with Gasteiger partial charge in [-0.25, -0.2) is 0 Å². The molecule has 4 heteroatoms. The lowest BCUT2D eigenvalue weighted by Crippen LogP contribution is -2.41. The van der Waals surface area contributed by atoms with E-state index in [1.165, 1.54) is 17.8 Å². The fourth-order valence-electron chi connectivity index (χ4n) is 2.32. The molecule has 102 valence electrons. The van der Waals surface area contributed by atoms with Gasteiger partial charge >= 0.3 is 0 Å². The van der Waals surface area contributed by atoms with E-state index in [1.807, 2.05) is 16.3 Å². The van der Waals surface area contributed by atoms with E-state index in [2.05, 4.69) is 18.8 Å². The Bertz CT molecular complexity index is 498. The van der Waals surface area contributed by atoms with Crippen LogP contribution in [0.25, 0.3) is 0 Å². The number of hydrogen-bond donors (Lipinski definition) is 1. The SMILES string of the molecule is CC1CCCCN1C(=O)c1sccc1C#CCCO. The topological polar surface area (TPSA) is 40.5 Å². The van der Waals surface area contributed by atoms with Crippen LogP contribution in [0.5, 0.6) is 0 Å². The zero-order chi connectivity index (χ0) is 13.7. The molecule has 0 aromatic carbocycles. The third-order valence-corrected chi connectivity index (χ3v) is 4.29. The summed E-state index contributed by atoms with van der Waals surface area (Å²) in [7, 11) is 0. The third kappa shape index (κ3) is 3.37. The van der Waals surface area contributed by atoms with Crippen molar-refractivity contribution in [2.24, 2.45) is 0 Å². The number of rotatable bonds is 2. The van der Waals surface area contributed by atoms with Crippen molar-refractivity contribution in [2.45, 2.75) is 38.6 Å². The number of aliphatic hydroxyl groups excluding tert-OH is 1. The molecule has 1 aromatic rings. The Hall–Kier alpha value is -1.31. The monoisotopic (exact) mass is 277 g/mol. The van der Waals surface area contributed by atoms with Gasteiger partial charge in [0.05, 0.1) is 6.61 Å². The van der Waals surface area contributed by atoms with Crippen LogP contribution in [-0.4, -0.2) is 35.1 Å². The molecule has 0 spiro atoms. The maximum atomic E-state index is 12.5. The van der Waals surface area contributed by atoms with Gasteiger partial charge in [-0.1, -0.05) is 11.8 Å². The average molecular weight is 277 g/mol. The average Bonchev–Trinajstić information content (AvgIpc) is 2.87. The van der Waals surface area contributed by atoms with Crippen molar-refractivity contribution in [2.75, 3.05) is 13.2 Å². The van der Waals surface area contributed by atoms with E-state index in [0.717, 1.165) is 29.8 Å². The Balaban J connectivity index is 2.15. The van der Waals surface area contributed by atoms with Gasteiger partial charge in [-0.05, 0) is 37.6 Å². The minimum Gasteiger partial charge on any atom is -0.395 e. The Kier molecular flexibility index (Phi) is 5.00. The van der Waals surface area contributed by atoms with Gasteiger partial charge in [-0.3, -0.25) is 4.79 Å². The van der Waals surface area contributed by atoms with Crippen LogP contribution in [0.4, 0.5) is 0 Å². The number of likely N-dealkylation sites (tertiary alicyclic amines) is 1. The van der Waals surface area contributed by atoms with Gasteiger partial charge in [0.2, 0.25) is 0 Å². The van der Waals surface area contributed by atoms with Crippen LogP contribution >= 0.6 is 11.3 Å². The summed E-state index contributed by atoms with van der Waals surface area (Å²) in [5, 5.41) is 10.6. The van der Waals surface area contributed by atoms with E-state index in [9.17, 15) is 4.79 Å². The summed E-state index contributed by atoms with van der Waals surface area (Å²) in [6.45, 7) is 3.02. The maximum Gasteiger partial charge on any atom is 0.265 e. The van der Waals surface area contributed by atoms with Gasteiger partial charge in [-0.15, -0.1) is 11.3 Å². The predicted molar refractivity (Wildman–Crippen MR) is 77.2 cm³/mol. The first-order chi connectivity index (χ1) is 9.24. The van der Waals surface area contributed by atoms with Gasteiger partial charge in [-0.2, -0.15) is 0 Å². The minimum absolute atomic E-state index is 0.0591. The van der Waals surface area contributed by atoms with Gasteiger partial charge in [0.1, 0.15) is 4.88 Å². The summed E-state index contributed by atoms with van der Waals surface area (Å²) in [6.07, 6.45) is 3.83. The molecule has 1 aromatic heterocycles. The molecule has 2 heterocycles. The molecule has 1 saturated heterocycles. The van der Waals surface area contributed by atoms with Crippen molar-refractivity contribution in [3.8, 4) is 11.8 Å². The van der Waals surface area contributed by atoms with E-state index in [0.29, 0.717) is 12.5 Å². The van der Waals surface area contributed by atoms with Crippen LogP contribution in [-0.2, 0) is 0 Å². The van der Waals surface area contributed by atoms with Crippen LogP contribution < -0.4 is 0 Å². The van der Waals surface area contributed by atoms with Crippen molar-refractivity contribution in [3.05, 3.63) is 21.9 Å². The largest absolute Gasteiger partial charge is 0.395 e. The predicted octanol–water partition coefficient (Wildman–Crippen LogP) is 2.50. The van der Waals surface area contributed by atoms with Crippen LogP contribution in [0.3, 0.4) is 0 Å². The molecule has 0 bridgehead atoms. The van der Waals surface area contributed by atoms with Gasteiger partial charge in [0, 0.05) is 24.6 Å². The molecule has 1 atom stereocenters. The lowest BCUT2D eigenvalue weighted by Gasteiger charge is -2.33.